The van der Waals surface area contributed by atoms with Crippen molar-refractivity contribution < 1.29 is 13.9 Å². The third-order valence-corrected chi connectivity index (χ3v) is 4.52. The van der Waals surface area contributed by atoms with Crippen LogP contribution in [0.4, 0.5) is 0 Å². The molecule has 0 atom stereocenters. The monoisotopic (exact) mass is 328 g/mol. The van der Waals surface area contributed by atoms with E-state index in [-0.39, 0.29) is 11.9 Å². The SMILES string of the molecule is CCOC(=O)C1CCN(Cc2coc(-c3ccccc3C)n2)CC1. The minimum Gasteiger partial charge on any atom is -0.466 e. The third kappa shape index (κ3) is 3.85. The molecule has 0 N–H and O–H groups in total. The van der Waals surface area contributed by atoms with Gasteiger partial charge in [-0.3, -0.25) is 9.69 Å². The molecule has 1 aromatic heterocycles. The van der Waals surface area contributed by atoms with Crippen molar-refractivity contribution in [2.75, 3.05) is 19.7 Å². The number of benzene rings is 1. The van der Waals surface area contributed by atoms with E-state index in [4.69, 9.17) is 9.15 Å². The summed E-state index contributed by atoms with van der Waals surface area (Å²) in [5.41, 5.74) is 3.12. The van der Waals surface area contributed by atoms with E-state index < -0.39 is 0 Å². The van der Waals surface area contributed by atoms with Crippen LogP contribution in [0.1, 0.15) is 31.0 Å². The first kappa shape index (κ1) is 16.7. The van der Waals surface area contributed by atoms with Gasteiger partial charge in [0.1, 0.15) is 6.26 Å². The fourth-order valence-electron chi connectivity index (χ4n) is 3.13. The van der Waals surface area contributed by atoms with Crippen molar-refractivity contribution in [3.8, 4) is 11.5 Å². The molecule has 0 radical (unpaired) electrons. The second-order valence-electron chi connectivity index (χ2n) is 6.26. The predicted octanol–water partition coefficient (Wildman–Crippen LogP) is 3.43. The van der Waals surface area contributed by atoms with Crippen LogP contribution in [0.3, 0.4) is 0 Å². The number of aryl methyl sites for hydroxylation is 1. The molecule has 1 aromatic carbocycles. The van der Waals surface area contributed by atoms with E-state index in [1.54, 1.807) is 6.26 Å². The van der Waals surface area contributed by atoms with Crippen molar-refractivity contribution in [2.45, 2.75) is 33.2 Å². The van der Waals surface area contributed by atoms with Gasteiger partial charge in [-0.05, 0) is 51.4 Å². The van der Waals surface area contributed by atoms with Crippen LogP contribution in [0.5, 0.6) is 0 Å². The van der Waals surface area contributed by atoms with Crippen molar-refractivity contribution in [1.29, 1.82) is 0 Å². The number of carbonyl (C=O) groups is 1. The zero-order chi connectivity index (χ0) is 16.9. The molecule has 24 heavy (non-hydrogen) atoms. The molecule has 2 aromatic rings. The average molecular weight is 328 g/mol. The van der Waals surface area contributed by atoms with Gasteiger partial charge in [0.2, 0.25) is 5.89 Å². The van der Waals surface area contributed by atoms with Gasteiger partial charge in [-0.15, -0.1) is 0 Å². The van der Waals surface area contributed by atoms with Crippen LogP contribution in [0.15, 0.2) is 34.9 Å². The molecule has 0 amide bonds. The van der Waals surface area contributed by atoms with Crippen molar-refractivity contribution >= 4 is 5.97 Å². The van der Waals surface area contributed by atoms with E-state index in [2.05, 4.69) is 22.9 Å². The molecule has 0 spiro atoms. The Kier molecular flexibility index (Phi) is 5.30. The molecule has 0 bridgehead atoms. The number of esters is 1. The average Bonchev–Trinajstić information content (AvgIpc) is 3.04. The molecule has 5 heteroatoms. The molecule has 128 valence electrons. The number of nitrogens with zero attached hydrogens (tertiary/aromatic N) is 2. The minimum absolute atomic E-state index is 0.0426. The fourth-order valence-corrected chi connectivity index (χ4v) is 3.13. The molecule has 1 saturated heterocycles. The summed E-state index contributed by atoms with van der Waals surface area (Å²) in [5.74, 6) is 0.658. The van der Waals surface area contributed by atoms with E-state index in [1.807, 2.05) is 25.1 Å². The number of hydrogen-bond acceptors (Lipinski definition) is 5. The first-order valence-corrected chi connectivity index (χ1v) is 8.56. The summed E-state index contributed by atoms with van der Waals surface area (Å²) >= 11 is 0. The van der Waals surface area contributed by atoms with Gasteiger partial charge >= 0.3 is 5.97 Å². The number of carbonyl (C=O) groups excluding carboxylic acids is 1. The lowest BCUT2D eigenvalue weighted by Gasteiger charge is -2.30. The van der Waals surface area contributed by atoms with Gasteiger partial charge in [0.05, 0.1) is 18.2 Å². The van der Waals surface area contributed by atoms with Gasteiger partial charge < -0.3 is 9.15 Å². The van der Waals surface area contributed by atoms with E-state index in [0.717, 1.165) is 49.3 Å². The normalized spacial score (nSPS) is 16.2. The quantitative estimate of drug-likeness (QED) is 0.787. The Morgan fingerprint density at radius 3 is 2.79 bits per heavy atom. The van der Waals surface area contributed by atoms with Gasteiger partial charge in [-0.2, -0.15) is 0 Å². The van der Waals surface area contributed by atoms with E-state index >= 15 is 0 Å². The summed E-state index contributed by atoms with van der Waals surface area (Å²) in [6.07, 6.45) is 3.43. The highest BCUT2D eigenvalue weighted by Crippen LogP contribution is 2.24. The smallest absolute Gasteiger partial charge is 0.309 e. The Morgan fingerprint density at radius 2 is 2.08 bits per heavy atom. The lowest BCUT2D eigenvalue weighted by atomic mass is 9.97. The largest absolute Gasteiger partial charge is 0.466 e. The fraction of sp³-hybridized carbons (Fsp3) is 0.474. The molecular formula is C19H24N2O3. The van der Waals surface area contributed by atoms with Gasteiger partial charge in [0.25, 0.3) is 0 Å². The number of likely N-dealkylation sites (tertiary alicyclic amines) is 1. The van der Waals surface area contributed by atoms with Crippen LogP contribution in [0, 0.1) is 12.8 Å². The van der Waals surface area contributed by atoms with Gasteiger partial charge in [0, 0.05) is 12.1 Å². The van der Waals surface area contributed by atoms with Crippen molar-refractivity contribution in [3.63, 3.8) is 0 Å². The highest BCUT2D eigenvalue weighted by atomic mass is 16.5. The molecule has 1 aliphatic heterocycles. The molecule has 0 unspecified atom stereocenters. The van der Waals surface area contributed by atoms with E-state index in [9.17, 15) is 4.79 Å². The maximum atomic E-state index is 11.8. The molecule has 5 nitrogen and oxygen atoms in total. The Hall–Kier alpha value is -2.14. The number of aromatic nitrogens is 1. The number of oxazole rings is 1. The maximum Gasteiger partial charge on any atom is 0.309 e. The number of rotatable bonds is 5. The summed E-state index contributed by atoms with van der Waals surface area (Å²) in [5, 5.41) is 0. The first-order valence-electron chi connectivity index (χ1n) is 8.56. The summed E-state index contributed by atoms with van der Waals surface area (Å²) in [6.45, 7) is 6.89. The van der Waals surface area contributed by atoms with Crippen LogP contribution in [0.2, 0.25) is 0 Å². The molecule has 1 aliphatic rings. The zero-order valence-electron chi connectivity index (χ0n) is 14.3. The number of piperidine rings is 1. The zero-order valence-corrected chi connectivity index (χ0v) is 14.3. The van der Waals surface area contributed by atoms with Crippen molar-refractivity contribution in [1.82, 2.24) is 9.88 Å². The summed E-state index contributed by atoms with van der Waals surface area (Å²) in [6, 6.07) is 8.08. The number of hydrogen-bond donors (Lipinski definition) is 0. The van der Waals surface area contributed by atoms with Crippen molar-refractivity contribution in [2.24, 2.45) is 5.92 Å². The highest BCUT2D eigenvalue weighted by molar-refractivity contribution is 5.72. The molecule has 0 aliphatic carbocycles. The molecule has 1 fully saturated rings. The second-order valence-corrected chi connectivity index (χ2v) is 6.26. The van der Waals surface area contributed by atoms with Crippen LogP contribution in [-0.4, -0.2) is 35.5 Å². The van der Waals surface area contributed by atoms with Crippen LogP contribution in [0.25, 0.3) is 11.5 Å². The van der Waals surface area contributed by atoms with Crippen LogP contribution >= 0.6 is 0 Å². The minimum atomic E-state index is -0.0552. The lowest BCUT2D eigenvalue weighted by molar-refractivity contribution is -0.149. The Bertz CT molecular complexity index is 687. The van der Waals surface area contributed by atoms with Crippen LogP contribution < -0.4 is 0 Å². The van der Waals surface area contributed by atoms with Crippen LogP contribution in [-0.2, 0) is 16.1 Å². The second kappa shape index (κ2) is 7.62. The lowest BCUT2D eigenvalue weighted by Crippen LogP contribution is -2.36. The Labute approximate surface area is 142 Å². The van der Waals surface area contributed by atoms with Gasteiger partial charge in [-0.25, -0.2) is 4.98 Å². The highest BCUT2D eigenvalue weighted by Gasteiger charge is 2.26. The summed E-state index contributed by atoms with van der Waals surface area (Å²) < 4.78 is 10.8. The summed E-state index contributed by atoms with van der Waals surface area (Å²) in [4.78, 5) is 18.7. The van der Waals surface area contributed by atoms with Gasteiger partial charge in [-0.1, -0.05) is 18.2 Å². The Morgan fingerprint density at radius 1 is 1.33 bits per heavy atom. The van der Waals surface area contributed by atoms with E-state index in [1.165, 1.54) is 0 Å². The van der Waals surface area contributed by atoms with Gasteiger partial charge in [0.15, 0.2) is 0 Å². The molecule has 2 heterocycles. The first-order chi connectivity index (χ1) is 11.7. The standard InChI is InChI=1S/C19H24N2O3/c1-3-23-19(22)15-8-10-21(11-9-15)12-16-13-24-18(20-16)17-7-5-4-6-14(17)2/h4-7,13,15H,3,8-12H2,1-2H3. The topological polar surface area (TPSA) is 55.6 Å². The third-order valence-electron chi connectivity index (χ3n) is 4.52. The Balaban J connectivity index is 1.57. The molecule has 3 rings (SSSR count). The number of ether oxygens (including phenoxy) is 1. The van der Waals surface area contributed by atoms with Crippen molar-refractivity contribution in [3.05, 3.63) is 41.8 Å². The summed E-state index contributed by atoms with van der Waals surface area (Å²) in [7, 11) is 0. The maximum absolute atomic E-state index is 11.8. The molecule has 0 saturated carbocycles. The van der Waals surface area contributed by atoms with E-state index in [0.29, 0.717) is 12.5 Å². The predicted molar refractivity (Wildman–Crippen MR) is 91.3 cm³/mol. The molecular weight excluding hydrogens is 304 g/mol.